The molecule has 2 rings (SSSR count). The van der Waals surface area contributed by atoms with Gasteiger partial charge in [-0.3, -0.25) is 0 Å². The standard InChI is InChI=1S/C16H26BrNOS/c1-3-6-18-13(11-16-15(17)5-7-20-16)8-12-9-14(10-12)19-4-2/h5,7,12-14,18H,3-4,6,8-11H2,1-2H3. The molecule has 1 N–H and O–H groups in total. The van der Waals surface area contributed by atoms with Gasteiger partial charge in [0.05, 0.1) is 6.10 Å². The van der Waals surface area contributed by atoms with Crippen LogP contribution in [0.3, 0.4) is 0 Å². The van der Waals surface area contributed by atoms with Crippen molar-refractivity contribution in [1.29, 1.82) is 0 Å². The molecule has 1 aromatic rings. The summed E-state index contributed by atoms with van der Waals surface area (Å²) in [5.41, 5.74) is 0. The molecule has 0 radical (unpaired) electrons. The Balaban J connectivity index is 1.80. The predicted octanol–water partition coefficient (Wildman–Crippen LogP) is 4.63. The first-order valence-electron chi connectivity index (χ1n) is 7.79. The van der Waals surface area contributed by atoms with Gasteiger partial charge in [-0.1, -0.05) is 6.92 Å². The fourth-order valence-corrected chi connectivity index (χ4v) is 4.52. The van der Waals surface area contributed by atoms with Crippen LogP contribution in [0.1, 0.15) is 44.4 Å². The third kappa shape index (κ3) is 4.83. The minimum absolute atomic E-state index is 0.533. The summed E-state index contributed by atoms with van der Waals surface area (Å²) < 4.78 is 6.94. The second-order valence-electron chi connectivity index (χ2n) is 5.70. The SMILES string of the molecule is CCCNC(Cc1sccc1Br)CC1CC(OCC)C1. The summed E-state index contributed by atoms with van der Waals surface area (Å²) in [6.07, 6.45) is 6.68. The van der Waals surface area contributed by atoms with E-state index < -0.39 is 0 Å². The van der Waals surface area contributed by atoms with E-state index in [0.717, 1.165) is 25.5 Å². The summed E-state index contributed by atoms with van der Waals surface area (Å²) in [5.74, 6) is 0.847. The Morgan fingerprint density at radius 2 is 2.25 bits per heavy atom. The largest absolute Gasteiger partial charge is 0.378 e. The zero-order valence-corrected chi connectivity index (χ0v) is 14.9. The van der Waals surface area contributed by atoms with Crippen molar-refractivity contribution in [3.05, 3.63) is 20.8 Å². The van der Waals surface area contributed by atoms with Crippen LogP contribution in [0.2, 0.25) is 0 Å². The Morgan fingerprint density at radius 3 is 2.85 bits per heavy atom. The first-order chi connectivity index (χ1) is 9.72. The van der Waals surface area contributed by atoms with Gasteiger partial charge in [0.2, 0.25) is 0 Å². The Hall–Kier alpha value is 0.1000. The number of hydrogen-bond acceptors (Lipinski definition) is 3. The highest BCUT2D eigenvalue weighted by molar-refractivity contribution is 9.10. The highest BCUT2D eigenvalue weighted by atomic mass is 79.9. The molecular weight excluding hydrogens is 334 g/mol. The van der Waals surface area contributed by atoms with E-state index in [4.69, 9.17) is 4.74 Å². The molecule has 0 bridgehead atoms. The molecule has 114 valence electrons. The van der Waals surface area contributed by atoms with Gasteiger partial charge in [-0.2, -0.15) is 0 Å². The zero-order valence-electron chi connectivity index (χ0n) is 12.5. The van der Waals surface area contributed by atoms with Crippen LogP contribution in [-0.4, -0.2) is 25.3 Å². The summed E-state index contributed by atoms with van der Waals surface area (Å²) in [7, 11) is 0. The van der Waals surface area contributed by atoms with Crippen LogP contribution < -0.4 is 5.32 Å². The number of thiophene rings is 1. The van der Waals surface area contributed by atoms with E-state index in [1.165, 1.54) is 35.0 Å². The van der Waals surface area contributed by atoms with Crippen molar-refractivity contribution >= 4 is 27.3 Å². The molecule has 0 spiro atoms. The van der Waals surface area contributed by atoms with E-state index in [0.29, 0.717) is 12.1 Å². The van der Waals surface area contributed by atoms with Crippen LogP contribution in [0, 0.1) is 5.92 Å². The quantitative estimate of drug-likeness (QED) is 0.693. The minimum Gasteiger partial charge on any atom is -0.378 e. The summed E-state index contributed by atoms with van der Waals surface area (Å²) in [5, 5.41) is 5.90. The van der Waals surface area contributed by atoms with Gasteiger partial charge in [-0.25, -0.2) is 0 Å². The van der Waals surface area contributed by atoms with E-state index in [1.54, 1.807) is 0 Å². The highest BCUT2D eigenvalue weighted by Gasteiger charge is 2.31. The summed E-state index contributed by atoms with van der Waals surface area (Å²) in [6, 6.07) is 2.77. The van der Waals surface area contributed by atoms with E-state index >= 15 is 0 Å². The second kappa shape index (κ2) is 8.52. The van der Waals surface area contributed by atoms with Crippen LogP contribution in [0.5, 0.6) is 0 Å². The van der Waals surface area contributed by atoms with Crippen LogP contribution in [-0.2, 0) is 11.2 Å². The van der Waals surface area contributed by atoms with Gasteiger partial charge in [0, 0.05) is 22.0 Å². The van der Waals surface area contributed by atoms with E-state index in [-0.39, 0.29) is 0 Å². The molecule has 20 heavy (non-hydrogen) atoms. The van der Waals surface area contributed by atoms with Gasteiger partial charge in [-0.05, 0) is 78.9 Å². The van der Waals surface area contributed by atoms with Crippen LogP contribution in [0.15, 0.2) is 15.9 Å². The lowest BCUT2D eigenvalue weighted by Crippen LogP contribution is -2.39. The lowest BCUT2D eigenvalue weighted by Gasteiger charge is -2.37. The number of halogens is 1. The molecule has 1 unspecified atom stereocenters. The molecule has 0 saturated heterocycles. The average Bonchev–Trinajstić information content (AvgIpc) is 2.79. The van der Waals surface area contributed by atoms with Gasteiger partial charge in [0.1, 0.15) is 0 Å². The summed E-state index contributed by atoms with van der Waals surface area (Å²) >= 11 is 5.51. The number of ether oxygens (including phenoxy) is 1. The van der Waals surface area contributed by atoms with E-state index in [2.05, 4.69) is 46.5 Å². The maximum absolute atomic E-state index is 5.67. The molecule has 1 atom stereocenters. The van der Waals surface area contributed by atoms with Crippen LogP contribution >= 0.6 is 27.3 Å². The fraction of sp³-hybridized carbons (Fsp3) is 0.750. The number of rotatable bonds is 9. The second-order valence-corrected chi connectivity index (χ2v) is 7.55. The van der Waals surface area contributed by atoms with Gasteiger partial charge < -0.3 is 10.1 Å². The van der Waals surface area contributed by atoms with Crippen molar-refractivity contribution in [2.75, 3.05) is 13.2 Å². The molecule has 1 heterocycles. The average molecular weight is 360 g/mol. The molecule has 1 aliphatic carbocycles. The van der Waals surface area contributed by atoms with Gasteiger partial charge in [0.15, 0.2) is 0 Å². The van der Waals surface area contributed by atoms with Gasteiger partial charge in [-0.15, -0.1) is 11.3 Å². The topological polar surface area (TPSA) is 21.3 Å². The molecular formula is C16H26BrNOS. The van der Waals surface area contributed by atoms with Crippen molar-refractivity contribution < 1.29 is 4.74 Å². The van der Waals surface area contributed by atoms with E-state index in [1.807, 2.05) is 11.3 Å². The Kier molecular flexibility index (Phi) is 7.02. The van der Waals surface area contributed by atoms with Crippen LogP contribution in [0.25, 0.3) is 0 Å². The van der Waals surface area contributed by atoms with Crippen molar-refractivity contribution in [2.45, 2.75) is 58.1 Å². The molecule has 1 aromatic heterocycles. The molecule has 4 heteroatoms. The smallest absolute Gasteiger partial charge is 0.0580 e. The lowest BCUT2D eigenvalue weighted by molar-refractivity contribution is -0.0290. The number of hydrogen-bond donors (Lipinski definition) is 1. The fourth-order valence-electron chi connectivity index (χ4n) is 2.92. The Morgan fingerprint density at radius 1 is 1.45 bits per heavy atom. The monoisotopic (exact) mass is 359 g/mol. The maximum atomic E-state index is 5.67. The number of nitrogens with one attached hydrogen (secondary N) is 1. The molecule has 1 saturated carbocycles. The normalized spacial score (nSPS) is 23.6. The first kappa shape index (κ1) is 16.5. The molecule has 1 fully saturated rings. The van der Waals surface area contributed by atoms with Crippen molar-refractivity contribution in [2.24, 2.45) is 5.92 Å². The minimum atomic E-state index is 0.533. The third-order valence-electron chi connectivity index (χ3n) is 4.02. The Labute approximate surface area is 135 Å². The lowest BCUT2D eigenvalue weighted by atomic mass is 9.77. The third-order valence-corrected chi connectivity index (χ3v) is 5.97. The highest BCUT2D eigenvalue weighted by Crippen LogP contribution is 2.35. The predicted molar refractivity (Wildman–Crippen MR) is 90.6 cm³/mol. The molecule has 0 aromatic carbocycles. The Bertz CT molecular complexity index is 390. The van der Waals surface area contributed by atoms with Crippen molar-refractivity contribution in [3.8, 4) is 0 Å². The van der Waals surface area contributed by atoms with E-state index in [9.17, 15) is 0 Å². The molecule has 0 amide bonds. The summed E-state index contributed by atoms with van der Waals surface area (Å²) in [4.78, 5) is 1.47. The molecule has 2 nitrogen and oxygen atoms in total. The van der Waals surface area contributed by atoms with Crippen molar-refractivity contribution in [3.63, 3.8) is 0 Å². The van der Waals surface area contributed by atoms with Crippen molar-refractivity contribution in [1.82, 2.24) is 5.32 Å². The molecule has 1 aliphatic rings. The maximum Gasteiger partial charge on any atom is 0.0580 e. The molecule has 0 aliphatic heterocycles. The van der Waals surface area contributed by atoms with Crippen LogP contribution in [0.4, 0.5) is 0 Å². The van der Waals surface area contributed by atoms with Gasteiger partial charge in [0.25, 0.3) is 0 Å². The first-order valence-corrected chi connectivity index (χ1v) is 9.47. The van der Waals surface area contributed by atoms with Gasteiger partial charge >= 0.3 is 0 Å². The summed E-state index contributed by atoms with van der Waals surface area (Å²) in [6.45, 7) is 6.30. The zero-order chi connectivity index (χ0) is 14.4.